The largest absolute Gasteiger partial charge is 0.416 e. The maximum absolute atomic E-state index is 12.7. The second kappa shape index (κ2) is 5.03. The molecule has 0 bridgehead atoms. The van der Waals surface area contributed by atoms with E-state index >= 15 is 0 Å². The first-order chi connectivity index (χ1) is 8.90. The lowest BCUT2D eigenvalue weighted by atomic mass is 10.2. The van der Waals surface area contributed by atoms with Gasteiger partial charge in [0, 0.05) is 14.1 Å². The Hall–Kier alpha value is -1.84. The first-order valence-electron chi connectivity index (χ1n) is 5.07. The van der Waals surface area contributed by atoms with Gasteiger partial charge < -0.3 is 5.32 Å². The maximum atomic E-state index is 12.7. The van der Waals surface area contributed by atoms with Gasteiger partial charge in [0.1, 0.15) is 10.8 Å². The summed E-state index contributed by atoms with van der Waals surface area (Å²) in [6, 6.07) is 1.90. The van der Waals surface area contributed by atoms with Crippen LogP contribution in [0, 0.1) is 0 Å². The molecular formula is C9H9F3N6S. The molecule has 1 N–H and O–H groups in total. The monoisotopic (exact) mass is 290 g/mol. The van der Waals surface area contributed by atoms with E-state index in [0.29, 0.717) is 5.16 Å². The summed E-state index contributed by atoms with van der Waals surface area (Å²) in [5, 5.41) is 13.8. The van der Waals surface area contributed by atoms with Crippen LogP contribution in [0.3, 0.4) is 0 Å². The van der Waals surface area contributed by atoms with Crippen LogP contribution in [0.4, 0.5) is 19.0 Å². The number of alkyl halides is 3. The highest BCUT2D eigenvalue weighted by atomic mass is 32.2. The molecule has 0 aliphatic carbocycles. The van der Waals surface area contributed by atoms with Gasteiger partial charge >= 0.3 is 6.18 Å². The summed E-state index contributed by atoms with van der Waals surface area (Å²) in [4.78, 5) is 4.02. The predicted molar refractivity (Wildman–Crippen MR) is 61.7 cm³/mol. The summed E-state index contributed by atoms with van der Waals surface area (Å²) in [7, 11) is 3.09. The molecule has 0 amide bonds. The number of tetrazole rings is 1. The Morgan fingerprint density at radius 2 is 2.05 bits per heavy atom. The lowest BCUT2D eigenvalue weighted by Crippen LogP contribution is -2.07. The Kier molecular flexibility index (Phi) is 3.60. The Labute approximate surface area is 110 Å². The van der Waals surface area contributed by atoms with Crippen molar-refractivity contribution in [1.82, 2.24) is 25.2 Å². The molecule has 0 atom stereocenters. The van der Waals surface area contributed by atoms with Gasteiger partial charge in [-0.3, -0.25) is 0 Å². The quantitative estimate of drug-likeness (QED) is 0.930. The lowest BCUT2D eigenvalue weighted by molar-refractivity contribution is -0.137. The van der Waals surface area contributed by atoms with Gasteiger partial charge in [-0.2, -0.15) is 13.2 Å². The van der Waals surface area contributed by atoms with E-state index < -0.39 is 11.7 Å². The fraction of sp³-hybridized carbons (Fsp3) is 0.333. The van der Waals surface area contributed by atoms with Gasteiger partial charge in [-0.05, 0) is 34.3 Å². The highest BCUT2D eigenvalue weighted by molar-refractivity contribution is 7.99. The predicted octanol–water partition coefficient (Wildman–Crippen LogP) is 1.82. The number of hydrogen-bond acceptors (Lipinski definition) is 6. The molecule has 102 valence electrons. The van der Waals surface area contributed by atoms with Crippen molar-refractivity contribution in [3.8, 4) is 0 Å². The zero-order valence-corrected chi connectivity index (χ0v) is 10.7. The summed E-state index contributed by atoms with van der Waals surface area (Å²) in [6.07, 6.45) is -4.43. The molecule has 0 aromatic carbocycles. The molecule has 0 aliphatic rings. The van der Waals surface area contributed by atoms with E-state index in [4.69, 9.17) is 0 Å². The van der Waals surface area contributed by atoms with Gasteiger partial charge in [0.15, 0.2) is 0 Å². The summed E-state index contributed by atoms with van der Waals surface area (Å²) in [5.74, 6) is 0.132. The SMILES string of the molecule is CNc1cc(C(F)(F)F)cc(Sc2nnnn2C)n1. The fourth-order valence-corrected chi connectivity index (χ4v) is 2.01. The van der Waals surface area contributed by atoms with Crippen molar-refractivity contribution in [3.63, 3.8) is 0 Å². The van der Waals surface area contributed by atoms with Crippen LogP contribution < -0.4 is 5.32 Å². The zero-order valence-electron chi connectivity index (χ0n) is 9.93. The number of halogens is 3. The van der Waals surface area contributed by atoms with Gasteiger partial charge in [-0.25, -0.2) is 9.67 Å². The maximum Gasteiger partial charge on any atom is 0.416 e. The van der Waals surface area contributed by atoms with Crippen LogP contribution in [0.5, 0.6) is 0 Å². The normalized spacial score (nSPS) is 11.6. The van der Waals surface area contributed by atoms with Crippen LogP contribution in [0.1, 0.15) is 5.56 Å². The molecule has 0 radical (unpaired) electrons. The van der Waals surface area contributed by atoms with Gasteiger partial charge in [0.2, 0.25) is 5.16 Å². The topological polar surface area (TPSA) is 68.5 Å². The van der Waals surface area contributed by atoms with E-state index in [0.717, 1.165) is 23.9 Å². The lowest BCUT2D eigenvalue weighted by Gasteiger charge is -2.10. The highest BCUT2D eigenvalue weighted by Crippen LogP contribution is 2.34. The van der Waals surface area contributed by atoms with E-state index in [1.165, 1.54) is 11.7 Å². The minimum atomic E-state index is -4.43. The molecule has 0 unspecified atom stereocenters. The molecule has 2 aromatic heterocycles. The van der Waals surface area contributed by atoms with Crippen molar-refractivity contribution in [2.45, 2.75) is 16.4 Å². The molecule has 2 heterocycles. The fourth-order valence-electron chi connectivity index (χ4n) is 1.25. The van der Waals surface area contributed by atoms with Crippen LogP contribution in [0.2, 0.25) is 0 Å². The summed E-state index contributed by atoms with van der Waals surface area (Å²) < 4.78 is 39.5. The Balaban J connectivity index is 2.37. The van der Waals surface area contributed by atoms with Gasteiger partial charge in [-0.15, -0.1) is 5.10 Å². The van der Waals surface area contributed by atoms with Crippen molar-refractivity contribution < 1.29 is 13.2 Å². The highest BCUT2D eigenvalue weighted by Gasteiger charge is 2.31. The van der Waals surface area contributed by atoms with Gasteiger partial charge in [-0.1, -0.05) is 0 Å². The standard InChI is InChI=1S/C9H9F3N6S/c1-13-6-3-5(9(10,11)12)4-7(14-6)19-8-15-16-17-18(8)2/h3-4H,1-2H3,(H,13,14). The Morgan fingerprint density at radius 3 is 2.58 bits per heavy atom. The number of nitrogens with zero attached hydrogens (tertiary/aromatic N) is 5. The number of rotatable bonds is 3. The number of nitrogens with one attached hydrogen (secondary N) is 1. The molecule has 19 heavy (non-hydrogen) atoms. The summed E-state index contributed by atoms with van der Waals surface area (Å²) >= 11 is 0.956. The number of anilines is 1. The molecule has 10 heteroatoms. The molecular weight excluding hydrogens is 281 g/mol. The zero-order chi connectivity index (χ0) is 14.0. The number of pyridine rings is 1. The summed E-state index contributed by atoms with van der Waals surface area (Å²) in [6.45, 7) is 0. The van der Waals surface area contributed by atoms with Crippen molar-refractivity contribution in [3.05, 3.63) is 17.7 Å². The second-order valence-electron chi connectivity index (χ2n) is 3.51. The smallest absolute Gasteiger partial charge is 0.373 e. The van der Waals surface area contributed by atoms with Crippen LogP contribution in [0.25, 0.3) is 0 Å². The Bertz CT molecular complexity index is 582. The first kappa shape index (κ1) is 13.6. The van der Waals surface area contributed by atoms with Crippen LogP contribution in [-0.2, 0) is 13.2 Å². The third-order valence-electron chi connectivity index (χ3n) is 2.16. The number of hydrogen-bond donors (Lipinski definition) is 1. The van der Waals surface area contributed by atoms with Gasteiger partial charge in [0.25, 0.3) is 0 Å². The molecule has 6 nitrogen and oxygen atoms in total. The number of aryl methyl sites for hydroxylation is 1. The molecule has 0 spiro atoms. The first-order valence-corrected chi connectivity index (χ1v) is 5.89. The Morgan fingerprint density at radius 1 is 1.32 bits per heavy atom. The minimum absolute atomic E-state index is 0.132. The average molecular weight is 290 g/mol. The van der Waals surface area contributed by atoms with Gasteiger partial charge in [0.05, 0.1) is 5.56 Å². The van der Waals surface area contributed by atoms with Crippen LogP contribution in [0.15, 0.2) is 22.3 Å². The molecule has 2 aromatic rings. The summed E-state index contributed by atoms with van der Waals surface area (Å²) in [5.41, 5.74) is -0.774. The third kappa shape index (κ3) is 3.13. The molecule has 0 fully saturated rings. The van der Waals surface area contributed by atoms with Crippen molar-refractivity contribution >= 4 is 17.6 Å². The minimum Gasteiger partial charge on any atom is -0.373 e. The van der Waals surface area contributed by atoms with E-state index in [2.05, 4.69) is 25.8 Å². The van der Waals surface area contributed by atoms with E-state index in [1.54, 1.807) is 7.05 Å². The van der Waals surface area contributed by atoms with Crippen molar-refractivity contribution in [2.24, 2.45) is 7.05 Å². The molecule has 0 aliphatic heterocycles. The molecule has 0 saturated heterocycles. The van der Waals surface area contributed by atoms with Crippen LogP contribution >= 0.6 is 11.8 Å². The average Bonchev–Trinajstić information content (AvgIpc) is 2.73. The second-order valence-corrected chi connectivity index (χ2v) is 4.50. The van der Waals surface area contributed by atoms with Crippen LogP contribution in [-0.4, -0.2) is 32.2 Å². The van der Waals surface area contributed by atoms with E-state index in [9.17, 15) is 13.2 Å². The number of aromatic nitrogens is 5. The van der Waals surface area contributed by atoms with Crippen molar-refractivity contribution in [2.75, 3.05) is 12.4 Å². The third-order valence-corrected chi connectivity index (χ3v) is 3.11. The molecule has 2 rings (SSSR count). The van der Waals surface area contributed by atoms with Crippen molar-refractivity contribution in [1.29, 1.82) is 0 Å². The molecule has 0 saturated carbocycles. The van der Waals surface area contributed by atoms with E-state index in [1.807, 2.05) is 0 Å². The van der Waals surface area contributed by atoms with E-state index in [-0.39, 0.29) is 10.8 Å².